The molecule has 0 spiro atoms. The number of fused-ring (bicyclic) bond motifs is 1. The summed E-state index contributed by atoms with van der Waals surface area (Å²) in [6, 6.07) is 17.9. The first-order valence-electron chi connectivity index (χ1n) is 8.81. The standard InChI is InChI=1S/C20H19N5O2/c26-25(27)18-19(21-12-15-6-2-1-3-7-15)22-14-23-20(18)24-11-10-16-8-4-5-9-17(16)13-24/h1-9,14H,10-13H2,(H,21,22,23). The first-order chi connectivity index (χ1) is 13.2. The van der Waals surface area contributed by atoms with Gasteiger partial charge in [-0.1, -0.05) is 54.6 Å². The fraction of sp³-hybridized carbons (Fsp3) is 0.200. The molecule has 0 unspecified atom stereocenters. The smallest absolute Gasteiger partial charge is 0.353 e. The third-order valence-corrected chi connectivity index (χ3v) is 4.72. The number of hydrogen-bond donors (Lipinski definition) is 1. The van der Waals surface area contributed by atoms with Crippen LogP contribution in [-0.4, -0.2) is 21.4 Å². The van der Waals surface area contributed by atoms with Crippen molar-refractivity contribution in [3.05, 3.63) is 87.7 Å². The molecule has 2 aromatic carbocycles. The van der Waals surface area contributed by atoms with Gasteiger partial charge in [0.15, 0.2) is 0 Å². The zero-order valence-corrected chi connectivity index (χ0v) is 14.7. The van der Waals surface area contributed by atoms with E-state index in [0.29, 0.717) is 25.5 Å². The first-order valence-corrected chi connectivity index (χ1v) is 8.81. The predicted molar refractivity (Wildman–Crippen MR) is 104 cm³/mol. The van der Waals surface area contributed by atoms with Crippen molar-refractivity contribution in [2.45, 2.75) is 19.5 Å². The SMILES string of the molecule is O=[N+]([O-])c1c(NCc2ccccc2)ncnc1N1CCc2ccccc2C1. The van der Waals surface area contributed by atoms with Crippen LogP contribution in [0.4, 0.5) is 17.3 Å². The molecule has 1 N–H and O–H groups in total. The Morgan fingerprint density at radius 1 is 1.04 bits per heavy atom. The van der Waals surface area contributed by atoms with Gasteiger partial charge in [0.05, 0.1) is 4.92 Å². The second kappa shape index (κ2) is 7.41. The molecule has 0 aliphatic carbocycles. The molecular formula is C20H19N5O2. The van der Waals surface area contributed by atoms with E-state index in [1.165, 1.54) is 17.5 Å². The summed E-state index contributed by atoms with van der Waals surface area (Å²) in [4.78, 5) is 21.7. The van der Waals surface area contributed by atoms with Crippen LogP contribution in [0.15, 0.2) is 60.9 Å². The number of aromatic nitrogens is 2. The van der Waals surface area contributed by atoms with E-state index < -0.39 is 4.92 Å². The molecule has 0 radical (unpaired) electrons. The van der Waals surface area contributed by atoms with Gasteiger partial charge in [0.2, 0.25) is 11.6 Å². The molecule has 0 bridgehead atoms. The van der Waals surface area contributed by atoms with Crippen LogP contribution in [0.25, 0.3) is 0 Å². The van der Waals surface area contributed by atoms with Gasteiger partial charge in [-0.2, -0.15) is 0 Å². The molecule has 0 atom stereocenters. The zero-order chi connectivity index (χ0) is 18.6. The highest BCUT2D eigenvalue weighted by Crippen LogP contribution is 2.34. The van der Waals surface area contributed by atoms with Crippen LogP contribution in [0, 0.1) is 10.1 Å². The molecule has 136 valence electrons. The molecule has 1 aromatic heterocycles. The third kappa shape index (κ3) is 3.57. The molecule has 0 saturated heterocycles. The van der Waals surface area contributed by atoms with Gasteiger partial charge in [-0.25, -0.2) is 9.97 Å². The van der Waals surface area contributed by atoms with Crippen molar-refractivity contribution in [3.8, 4) is 0 Å². The van der Waals surface area contributed by atoms with Gasteiger partial charge < -0.3 is 10.2 Å². The van der Waals surface area contributed by atoms with Gasteiger partial charge in [0, 0.05) is 19.6 Å². The number of anilines is 2. The summed E-state index contributed by atoms with van der Waals surface area (Å²) in [7, 11) is 0. The zero-order valence-electron chi connectivity index (χ0n) is 14.7. The maximum absolute atomic E-state index is 11.8. The van der Waals surface area contributed by atoms with E-state index in [9.17, 15) is 10.1 Å². The Morgan fingerprint density at radius 2 is 1.78 bits per heavy atom. The Hall–Kier alpha value is -3.48. The summed E-state index contributed by atoms with van der Waals surface area (Å²) in [5, 5.41) is 14.9. The van der Waals surface area contributed by atoms with Crippen molar-refractivity contribution in [1.82, 2.24) is 9.97 Å². The molecule has 1 aliphatic heterocycles. The van der Waals surface area contributed by atoms with Crippen LogP contribution in [0.5, 0.6) is 0 Å². The van der Waals surface area contributed by atoms with Gasteiger partial charge in [0.25, 0.3) is 0 Å². The molecule has 0 fully saturated rings. The minimum Gasteiger partial charge on any atom is -0.360 e. The van der Waals surface area contributed by atoms with Crippen LogP contribution in [0.2, 0.25) is 0 Å². The summed E-state index contributed by atoms with van der Waals surface area (Å²) in [6.07, 6.45) is 2.22. The van der Waals surface area contributed by atoms with Crippen LogP contribution in [0.1, 0.15) is 16.7 Å². The number of nitro groups is 1. The largest absolute Gasteiger partial charge is 0.360 e. The summed E-state index contributed by atoms with van der Waals surface area (Å²) in [6.45, 7) is 1.75. The van der Waals surface area contributed by atoms with E-state index in [2.05, 4.69) is 27.4 Å². The second-order valence-corrected chi connectivity index (χ2v) is 6.43. The monoisotopic (exact) mass is 361 g/mol. The van der Waals surface area contributed by atoms with Gasteiger partial charge in [0.1, 0.15) is 6.33 Å². The number of nitrogens with zero attached hydrogens (tertiary/aromatic N) is 4. The predicted octanol–water partition coefficient (Wildman–Crippen LogP) is 3.56. The van der Waals surface area contributed by atoms with Crippen LogP contribution in [-0.2, 0) is 19.5 Å². The van der Waals surface area contributed by atoms with E-state index in [4.69, 9.17) is 0 Å². The van der Waals surface area contributed by atoms with Crippen LogP contribution < -0.4 is 10.2 Å². The Bertz CT molecular complexity index is 962. The Kier molecular flexibility index (Phi) is 4.65. The van der Waals surface area contributed by atoms with Gasteiger partial charge in [-0.15, -0.1) is 0 Å². The number of rotatable bonds is 5. The fourth-order valence-electron chi connectivity index (χ4n) is 3.36. The van der Waals surface area contributed by atoms with E-state index in [1.54, 1.807) is 0 Å². The second-order valence-electron chi connectivity index (χ2n) is 6.43. The highest BCUT2D eigenvalue weighted by atomic mass is 16.6. The summed E-state index contributed by atoms with van der Waals surface area (Å²) < 4.78 is 0. The van der Waals surface area contributed by atoms with Crippen molar-refractivity contribution in [3.63, 3.8) is 0 Å². The lowest BCUT2D eigenvalue weighted by Gasteiger charge is -2.29. The lowest BCUT2D eigenvalue weighted by Crippen LogP contribution is -2.31. The van der Waals surface area contributed by atoms with Crippen LogP contribution >= 0.6 is 0 Å². The maximum Gasteiger partial charge on any atom is 0.353 e. The minimum atomic E-state index is -0.400. The average Bonchev–Trinajstić information content (AvgIpc) is 2.72. The topological polar surface area (TPSA) is 84.2 Å². The molecule has 3 aromatic rings. The molecule has 27 heavy (non-hydrogen) atoms. The van der Waals surface area contributed by atoms with Crippen molar-refractivity contribution >= 4 is 17.3 Å². The Balaban J connectivity index is 1.62. The molecule has 0 saturated carbocycles. The number of benzene rings is 2. The first kappa shape index (κ1) is 17.0. The quantitative estimate of drug-likeness (QED) is 0.552. The molecule has 1 aliphatic rings. The van der Waals surface area contributed by atoms with Gasteiger partial charge in [-0.3, -0.25) is 10.1 Å². The molecule has 0 amide bonds. The van der Waals surface area contributed by atoms with Crippen molar-refractivity contribution in [1.29, 1.82) is 0 Å². The highest BCUT2D eigenvalue weighted by molar-refractivity contribution is 5.70. The van der Waals surface area contributed by atoms with Gasteiger partial charge >= 0.3 is 5.69 Å². The number of nitrogens with one attached hydrogen (secondary N) is 1. The van der Waals surface area contributed by atoms with E-state index in [0.717, 1.165) is 12.0 Å². The van der Waals surface area contributed by atoms with E-state index >= 15 is 0 Å². The number of hydrogen-bond acceptors (Lipinski definition) is 6. The lowest BCUT2D eigenvalue weighted by atomic mass is 10.00. The lowest BCUT2D eigenvalue weighted by molar-refractivity contribution is -0.383. The highest BCUT2D eigenvalue weighted by Gasteiger charge is 2.29. The fourth-order valence-corrected chi connectivity index (χ4v) is 3.36. The Labute approximate surface area is 156 Å². The van der Waals surface area contributed by atoms with Gasteiger partial charge in [-0.05, 0) is 23.1 Å². The molecule has 4 rings (SSSR count). The summed E-state index contributed by atoms with van der Waals surface area (Å²) in [5.41, 5.74) is 3.41. The van der Waals surface area contributed by atoms with Crippen LogP contribution in [0.3, 0.4) is 0 Å². The van der Waals surface area contributed by atoms with Crippen molar-refractivity contribution in [2.75, 3.05) is 16.8 Å². The summed E-state index contributed by atoms with van der Waals surface area (Å²) in [5.74, 6) is 0.604. The Morgan fingerprint density at radius 3 is 2.56 bits per heavy atom. The third-order valence-electron chi connectivity index (χ3n) is 4.72. The van der Waals surface area contributed by atoms with E-state index in [1.807, 2.05) is 47.4 Å². The summed E-state index contributed by atoms with van der Waals surface area (Å²) >= 11 is 0. The molecule has 7 nitrogen and oxygen atoms in total. The molecule has 2 heterocycles. The van der Waals surface area contributed by atoms with Crippen molar-refractivity contribution in [2.24, 2.45) is 0 Å². The maximum atomic E-state index is 11.8. The van der Waals surface area contributed by atoms with Crippen molar-refractivity contribution < 1.29 is 4.92 Å². The average molecular weight is 361 g/mol. The molecule has 7 heteroatoms. The normalized spacial score (nSPS) is 13.1. The molecular weight excluding hydrogens is 342 g/mol. The minimum absolute atomic E-state index is 0.0761. The van der Waals surface area contributed by atoms with E-state index in [-0.39, 0.29) is 11.5 Å².